The van der Waals surface area contributed by atoms with E-state index in [1.54, 1.807) is 0 Å². The molecule has 0 spiro atoms. The molecule has 8 nitrogen and oxygen atoms in total. The van der Waals surface area contributed by atoms with Crippen LogP contribution in [0.1, 0.15) is 19.3 Å². The fraction of sp³-hybridized carbons (Fsp3) is 0.667. The molecule has 0 aromatic rings. The summed E-state index contributed by atoms with van der Waals surface area (Å²) in [7, 11) is -3.28. The van der Waals surface area contributed by atoms with Crippen molar-refractivity contribution in [2.45, 2.75) is 25.3 Å². The van der Waals surface area contributed by atoms with Crippen molar-refractivity contribution in [2.75, 3.05) is 12.0 Å². The first-order valence-corrected chi connectivity index (χ1v) is 7.16. The first-order valence-electron chi connectivity index (χ1n) is 5.10. The van der Waals surface area contributed by atoms with Crippen molar-refractivity contribution in [1.82, 2.24) is 5.32 Å². The Morgan fingerprint density at radius 3 is 2.22 bits per heavy atom. The van der Waals surface area contributed by atoms with Gasteiger partial charge in [0.15, 0.2) is 0 Å². The van der Waals surface area contributed by atoms with Gasteiger partial charge in [-0.15, -0.1) is 0 Å². The number of carboxylic acid groups (broad SMARTS) is 1. The summed E-state index contributed by atoms with van der Waals surface area (Å²) in [5.41, 5.74) is 4.86. The Morgan fingerprint density at radius 2 is 1.83 bits per heavy atom. The SMILES string of the molecule is CS(=O)(=O)CCC(=O)N[C@H](CCC(N)=O)C(=O)O. The number of carbonyl (C=O) groups is 3. The van der Waals surface area contributed by atoms with Crippen LogP contribution in [-0.2, 0) is 24.2 Å². The van der Waals surface area contributed by atoms with Crippen molar-refractivity contribution in [3.05, 3.63) is 0 Å². The van der Waals surface area contributed by atoms with Crippen LogP contribution in [0.2, 0.25) is 0 Å². The third-order valence-corrected chi connectivity index (χ3v) is 2.96. The molecule has 2 amide bonds. The minimum absolute atomic E-state index is 0.130. The third kappa shape index (κ3) is 8.50. The highest BCUT2D eigenvalue weighted by atomic mass is 32.2. The number of hydrogen-bond donors (Lipinski definition) is 3. The van der Waals surface area contributed by atoms with Crippen molar-refractivity contribution >= 4 is 27.6 Å². The molecule has 1 atom stereocenters. The quantitative estimate of drug-likeness (QED) is 0.481. The maximum absolute atomic E-state index is 11.3. The van der Waals surface area contributed by atoms with Gasteiger partial charge in [-0.25, -0.2) is 13.2 Å². The molecule has 4 N–H and O–H groups in total. The van der Waals surface area contributed by atoms with Gasteiger partial charge < -0.3 is 16.2 Å². The molecule has 0 aliphatic carbocycles. The van der Waals surface area contributed by atoms with Gasteiger partial charge in [0.25, 0.3) is 0 Å². The van der Waals surface area contributed by atoms with E-state index in [4.69, 9.17) is 10.8 Å². The van der Waals surface area contributed by atoms with Gasteiger partial charge in [-0.05, 0) is 6.42 Å². The lowest BCUT2D eigenvalue weighted by Crippen LogP contribution is -2.41. The van der Waals surface area contributed by atoms with Crippen molar-refractivity contribution in [3.63, 3.8) is 0 Å². The van der Waals surface area contributed by atoms with Gasteiger partial charge in [0.2, 0.25) is 11.8 Å². The van der Waals surface area contributed by atoms with Gasteiger partial charge in [-0.3, -0.25) is 9.59 Å². The summed E-state index contributed by atoms with van der Waals surface area (Å²) in [5.74, 6) is -3.03. The normalized spacial score (nSPS) is 12.7. The van der Waals surface area contributed by atoms with Crippen molar-refractivity contribution < 1.29 is 27.9 Å². The zero-order valence-corrected chi connectivity index (χ0v) is 10.7. The van der Waals surface area contributed by atoms with E-state index in [9.17, 15) is 22.8 Å². The summed E-state index contributed by atoms with van der Waals surface area (Å²) in [4.78, 5) is 32.6. The standard InChI is InChI=1S/C9H16N2O6S/c1-18(16,17)5-4-8(13)11-6(9(14)15)2-3-7(10)12/h6H,2-5H2,1H3,(H2,10,12)(H,11,13)(H,14,15)/t6-/m1/s1. The number of nitrogens with one attached hydrogen (secondary N) is 1. The van der Waals surface area contributed by atoms with Crippen LogP contribution in [0.15, 0.2) is 0 Å². The van der Waals surface area contributed by atoms with Crippen LogP contribution < -0.4 is 11.1 Å². The molecule has 0 aliphatic rings. The number of aliphatic carboxylic acids is 1. The molecule has 18 heavy (non-hydrogen) atoms. The molecular formula is C9H16N2O6S. The number of primary amides is 1. The fourth-order valence-corrected chi connectivity index (χ4v) is 1.64. The van der Waals surface area contributed by atoms with Gasteiger partial charge >= 0.3 is 5.97 Å². The highest BCUT2D eigenvalue weighted by Crippen LogP contribution is 1.99. The van der Waals surface area contributed by atoms with Crippen LogP contribution in [0.25, 0.3) is 0 Å². The minimum Gasteiger partial charge on any atom is -0.480 e. The highest BCUT2D eigenvalue weighted by Gasteiger charge is 2.20. The van der Waals surface area contributed by atoms with Crippen molar-refractivity contribution in [1.29, 1.82) is 0 Å². The van der Waals surface area contributed by atoms with Crippen LogP contribution in [-0.4, -0.2) is 49.4 Å². The minimum atomic E-state index is -3.28. The molecular weight excluding hydrogens is 264 g/mol. The molecule has 0 aliphatic heterocycles. The maximum Gasteiger partial charge on any atom is 0.326 e. The number of amides is 2. The van der Waals surface area contributed by atoms with Gasteiger partial charge in [-0.1, -0.05) is 0 Å². The van der Waals surface area contributed by atoms with Crippen molar-refractivity contribution in [2.24, 2.45) is 5.73 Å². The van der Waals surface area contributed by atoms with E-state index < -0.39 is 33.7 Å². The lowest BCUT2D eigenvalue weighted by Gasteiger charge is -2.13. The zero-order chi connectivity index (χ0) is 14.3. The highest BCUT2D eigenvalue weighted by molar-refractivity contribution is 7.90. The van der Waals surface area contributed by atoms with Gasteiger partial charge in [0.05, 0.1) is 5.75 Å². The summed E-state index contributed by atoms with van der Waals surface area (Å²) in [5, 5.41) is 10.9. The summed E-state index contributed by atoms with van der Waals surface area (Å²) < 4.78 is 21.6. The summed E-state index contributed by atoms with van der Waals surface area (Å²) >= 11 is 0. The summed E-state index contributed by atoms with van der Waals surface area (Å²) in [6, 6.07) is -1.25. The number of hydrogen-bond acceptors (Lipinski definition) is 5. The van der Waals surface area contributed by atoms with E-state index in [1.165, 1.54) is 0 Å². The number of sulfone groups is 1. The van der Waals surface area contributed by atoms with Crippen LogP contribution in [0.4, 0.5) is 0 Å². The Hall–Kier alpha value is -1.64. The van der Waals surface area contributed by atoms with Gasteiger partial charge in [0, 0.05) is 19.1 Å². The molecule has 0 radical (unpaired) electrons. The Balaban J connectivity index is 4.28. The van der Waals surface area contributed by atoms with Crippen LogP contribution in [0.3, 0.4) is 0 Å². The predicted molar refractivity (Wildman–Crippen MR) is 62.3 cm³/mol. The average molecular weight is 280 g/mol. The first-order chi connectivity index (χ1) is 8.11. The molecule has 0 bridgehead atoms. The van der Waals surface area contributed by atoms with E-state index in [1.807, 2.05) is 0 Å². The number of rotatable bonds is 8. The monoisotopic (exact) mass is 280 g/mol. The zero-order valence-electron chi connectivity index (χ0n) is 9.88. The van der Waals surface area contributed by atoms with E-state index >= 15 is 0 Å². The molecule has 0 heterocycles. The van der Waals surface area contributed by atoms with Gasteiger partial charge in [0.1, 0.15) is 15.9 Å². The van der Waals surface area contributed by atoms with Gasteiger partial charge in [-0.2, -0.15) is 0 Å². The predicted octanol–water partition coefficient (Wildman–Crippen LogP) is -1.74. The Kier molecular flexibility index (Phi) is 6.31. The lowest BCUT2D eigenvalue weighted by atomic mass is 10.1. The van der Waals surface area contributed by atoms with Crippen LogP contribution >= 0.6 is 0 Å². The second-order valence-corrected chi connectivity index (χ2v) is 6.10. The molecule has 0 fully saturated rings. The second kappa shape index (κ2) is 6.94. The number of carbonyl (C=O) groups excluding carboxylic acids is 2. The molecule has 0 saturated heterocycles. The topological polar surface area (TPSA) is 144 Å². The van der Waals surface area contributed by atoms with E-state index in [-0.39, 0.29) is 25.0 Å². The average Bonchev–Trinajstić information content (AvgIpc) is 2.19. The maximum atomic E-state index is 11.3. The van der Waals surface area contributed by atoms with Crippen LogP contribution in [0, 0.1) is 0 Å². The fourth-order valence-electron chi connectivity index (χ4n) is 1.09. The van der Waals surface area contributed by atoms with Crippen LogP contribution in [0.5, 0.6) is 0 Å². The molecule has 0 unspecified atom stereocenters. The lowest BCUT2D eigenvalue weighted by molar-refractivity contribution is -0.142. The third-order valence-electron chi connectivity index (χ3n) is 2.01. The molecule has 9 heteroatoms. The smallest absolute Gasteiger partial charge is 0.326 e. The molecule has 0 rings (SSSR count). The van der Waals surface area contributed by atoms with Crippen molar-refractivity contribution in [3.8, 4) is 0 Å². The molecule has 0 aromatic heterocycles. The largest absolute Gasteiger partial charge is 0.480 e. The van der Waals surface area contributed by atoms with E-state index in [0.717, 1.165) is 6.26 Å². The molecule has 0 saturated carbocycles. The molecule has 104 valence electrons. The Bertz CT molecular complexity index is 430. The first kappa shape index (κ1) is 16.4. The summed E-state index contributed by atoms with van der Waals surface area (Å²) in [6.45, 7) is 0. The number of nitrogens with two attached hydrogens (primary N) is 1. The van der Waals surface area contributed by atoms with E-state index in [0.29, 0.717) is 0 Å². The number of carboxylic acids is 1. The molecule has 0 aromatic carbocycles. The van der Waals surface area contributed by atoms with E-state index in [2.05, 4.69) is 5.32 Å². The Morgan fingerprint density at radius 1 is 1.28 bits per heavy atom. The summed E-state index contributed by atoms with van der Waals surface area (Å²) in [6.07, 6.45) is 0.347. The Labute approximate surface area is 104 Å². The second-order valence-electron chi connectivity index (χ2n) is 3.84.